The van der Waals surface area contributed by atoms with Crippen LogP contribution in [0.1, 0.15) is 48.8 Å². The highest BCUT2D eigenvalue weighted by Gasteiger charge is 2.35. The molecule has 5 rings (SSSR count). The lowest BCUT2D eigenvalue weighted by Crippen LogP contribution is -2.55. The third-order valence-electron chi connectivity index (χ3n) is 8.42. The smallest absolute Gasteiger partial charge is 0.264 e. The van der Waals surface area contributed by atoms with Crippen LogP contribution in [0.15, 0.2) is 114 Å². The van der Waals surface area contributed by atoms with Crippen molar-refractivity contribution in [1.29, 1.82) is 0 Å². The van der Waals surface area contributed by atoms with E-state index in [1.807, 2.05) is 43.3 Å². The second-order valence-electron chi connectivity index (χ2n) is 11.8. The topological polar surface area (TPSA) is 86.8 Å². The molecule has 240 valence electrons. The molecule has 46 heavy (non-hydrogen) atoms. The van der Waals surface area contributed by atoms with Crippen LogP contribution in [0, 0.1) is 12.7 Å². The van der Waals surface area contributed by atoms with E-state index in [0.717, 1.165) is 47.5 Å². The summed E-state index contributed by atoms with van der Waals surface area (Å²) in [7, 11) is -4.20. The van der Waals surface area contributed by atoms with Gasteiger partial charge in [0, 0.05) is 24.6 Å². The van der Waals surface area contributed by atoms with Crippen molar-refractivity contribution in [3.63, 3.8) is 0 Å². The number of amides is 2. The first-order valence-electron chi connectivity index (χ1n) is 15.7. The fourth-order valence-corrected chi connectivity index (χ4v) is 7.37. The van der Waals surface area contributed by atoms with Crippen molar-refractivity contribution in [2.24, 2.45) is 0 Å². The highest BCUT2D eigenvalue weighted by Crippen LogP contribution is 2.26. The summed E-state index contributed by atoms with van der Waals surface area (Å²) in [5.74, 6) is -1.48. The standard InChI is InChI=1S/C37H40FN3O4S/c1-28-14-13-20-32(24-28)41(46(44,45)33-21-9-4-10-22-33)27-36(42)40(26-30-17-11-12-23-34(30)38)35(25-29-15-5-2-6-16-29)37(43)39-31-18-7-3-8-19-31/h2,4-6,9-17,20-24,31,35H,3,7-8,18-19,25-27H2,1H3,(H,39,43). The fraction of sp³-hybridized carbons (Fsp3) is 0.297. The number of nitrogens with one attached hydrogen (secondary N) is 1. The SMILES string of the molecule is Cc1cccc(N(CC(=O)N(Cc2ccccc2F)C(Cc2ccccc2)C(=O)NC2CCCCC2)S(=O)(=O)c2ccccc2)c1. The van der Waals surface area contributed by atoms with E-state index in [1.165, 1.54) is 23.1 Å². The Morgan fingerprint density at radius 3 is 2.17 bits per heavy atom. The average Bonchev–Trinajstić information content (AvgIpc) is 3.07. The van der Waals surface area contributed by atoms with Crippen molar-refractivity contribution in [3.05, 3.63) is 132 Å². The van der Waals surface area contributed by atoms with Crippen molar-refractivity contribution < 1.29 is 22.4 Å². The molecule has 1 fully saturated rings. The number of nitrogens with zero attached hydrogens (tertiary/aromatic N) is 2. The van der Waals surface area contributed by atoms with Crippen molar-refractivity contribution >= 4 is 27.5 Å². The maximum absolute atomic E-state index is 15.1. The maximum Gasteiger partial charge on any atom is 0.264 e. The Kier molecular flexibility index (Phi) is 10.9. The number of sulfonamides is 1. The van der Waals surface area contributed by atoms with Gasteiger partial charge in [-0.05, 0) is 61.2 Å². The second kappa shape index (κ2) is 15.2. The van der Waals surface area contributed by atoms with Gasteiger partial charge in [0.15, 0.2) is 0 Å². The number of halogens is 1. The Hall–Kier alpha value is -4.50. The molecule has 0 saturated heterocycles. The summed E-state index contributed by atoms with van der Waals surface area (Å²) in [6.45, 7) is 1.04. The van der Waals surface area contributed by atoms with Crippen LogP contribution in [0.2, 0.25) is 0 Å². The molecular formula is C37H40FN3O4S. The molecule has 0 heterocycles. The first-order chi connectivity index (χ1) is 22.2. The number of anilines is 1. The predicted molar refractivity (Wildman–Crippen MR) is 178 cm³/mol. The Bertz CT molecular complexity index is 1730. The Morgan fingerprint density at radius 2 is 1.50 bits per heavy atom. The normalized spacial score (nSPS) is 14.3. The van der Waals surface area contributed by atoms with E-state index >= 15 is 4.39 Å². The average molecular weight is 642 g/mol. The number of aryl methyl sites for hydroxylation is 1. The van der Waals surface area contributed by atoms with Crippen molar-refractivity contribution in [2.75, 3.05) is 10.8 Å². The van der Waals surface area contributed by atoms with Crippen LogP contribution in [0.5, 0.6) is 0 Å². The first-order valence-corrected chi connectivity index (χ1v) is 17.2. The second-order valence-corrected chi connectivity index (χ2v) is 13.7. The van der Waals surface area contributed by atoms with Gasteiger partial charge in [0.05, 0.1) is 10.6 Å². The first kappa shape index (κ1) is 32.9. The number of hydrogen-bond acceptors (Lipinski definition) is 4. The molecular weight excluding hydrogens is 601 g/mol. The van der Waals surface area contributed by atoms with Crippen LogP contribution >= 0.6 is 0 Å². The van der Waals surface area contributed by atoms with E-state index < -0.39 is 34.3 Å². The summed E-state index contributed by atoms with van der Waals surface area (Å²) in [4.78, 5) is 30.0. The maximum atomic E-state index is 15.1. The van der Waals surface area contributed by atoms with Crippen LogP contribution in [-0.2, 0) is 32.6 Å². The van der Waals surface area contributed by atoms with Crippen LogP contribution in [0.4, 0.5) is 10.1 Å². The minimum Gasteiger partial charge on any atom is -0.352 e. The van der Waals surface area contributed by atoms with Crippen LogP contribution < -0.4 is 9.62 Å². The quantitative estimate of drug-likeness (QED) is 0.194. The van der Waals surface area contributed by atoms with Crippen LogP contribution in [0.25, 0.3) is 0 Å². The van der Waals surface area contributed by atoms with Crippen LogP contribution in [-0.4, -0.2) is 43.8 Å². The highest BCUT2D eigenvalue weighted by molar-refractivity contribution is 7.92. The summed E-state index contributed by atoms with van der Waals surface area (Å²) in [6, 6.07) is 29.3. The van der Waals surface area contributed by atoms with Crippen molar-refractivity contribution in [3.8, 4) is 0 Å². The molecule has 0 spiro atoms. The molecule has 9 heteroatoms. The summed E-state index contributed by atoms with van der Waals surface area (Å²) < 4.78 is 44.4. The van der Waals surface area contributed by atoms with Gasteiger partial charge in [0.1, 0.15) is 18.4 Å². The van der Waals surface area contributed by atoms with E-state index in [0.29, 0.717) is 5.69 Å². The van der Waals surface area contributed by atoms with E-state index in [4.69, 9.17) is 0 Å². The molecule has 1 aliphatic carbocycles. The van der Waals surface area contributed by atoms with Gasteiger partial charge in [-0.25, -0.2) is 12.8 Å². The lowest BCUT2D eigenvalue weighted by atomic mass is 9.94. The fourth-order valence-electron chi connectivity index (χ4n) is 5.94. The number of carbonyl (C=O) groups is 2. The third kappa shape index (κ3) is 8.20. The summed E-state index contributed by atoms with van der Waals surface area (Å²) in [5.41, 5.74) is 2.18. The molecule has 4 aromatic carbocycles. The minimum absolute atomic E-state index is 0.0211. The number of rotatable bonds is 12. The van der Waals surface area contributed by atoms with Gasteiger partial charge in [-0.1, -0.05) is 98.1 Å². The Balaban J connectivity index is 1.56. The Morgan fingerprint density at radius 1 is 0.848 bits per heavy atom. The van der Waals surface area contributed by atoms with Gasteiger partial charge >= 0.3 is 0 Å². The largest absolute Gasteiger partial charge is 0.352 e. The molecule has 1 saturated carbocycles. The third-order valence-corrected chi connectivity index (χ3v) is 10.2. The molecule has 1 unspecified atom stereocenters. The minimum atomic E-state index is -4.20. The summed E-state index contributed by atoms with van der Waals surface area (Å²) in [6.07, 6.45) is 5.00. The van der Waals surface area contributed by atoms with Crippen LogP contribution in [0.3, 0.4) is 0 Å². The molecule has 1 aliphatic rings. The van der Waals surface area contributed by atoms with E-state index in [1.54, 1.807) is 54.6 Å². The van der Waals surface area contributed by atoms with Crippen molar-refractivity contribution in [2.45, 2.75) is 69.0 Å². The number of benzene rings is 4. The monoisotopic (exact) mass is 641 g/mol. The van der Waals surface area contributed by atoms with E-state index in [9.17, 15) is 18.0 Å². The molecule has 0 aliphatic heterocycles. The zero-order chi connectivity index (χ0) is 32.5. The van der Waals surface area contributed by atoms with E-state index in [2.05, 4.69) is 5.32 Å². The van der Waals surface area contributed by atoms with Gasteiger partial charge in [-0.2, -0.15) is 0 Å². The molecule has 4 aromatic rings. The predicted octanol–water partition coefficient (Wildman–Crippen LogP) is 6.42. The lowest BCUT2D eigenvalue weighted by molar-refractivity contribution is -0.140. The number of hydrogen-bond donors (Lipinski definition) is 1. The van der Waals surface area contributed by atoms with Gasteiger partial charge < -0.3 is 10.2 Å². The number of carbonyl (C=O) groups excluding carboxylic acids is 2. The zero-order valence-electron chi connectivity index (χ0n) is 26.0. The summed E-state index contributed by atoms with van der Waals surface area (Å²) >= 11 is 0. The van der Waals surface area contributed by atoms with Gasteiger partial charge in [0.25, 0.3) is 10.0 Å². The molecule has 0 radical (unpaired) electrons. The Labute approximate surface area is 271 Å². The van der Waals surface area contributed by atoms with Gasteiger partial charge in [-0.3, -0.25) is 13.9 Å². The molecule has 1 N–H and O–H groups in total. The van der Waals surface area contributed by atoms with Gasteiger partial charge in [-0.15, -0.1) is 0 Å². The summed E-state index contributed by atoms with van der Waals surface area (Å²) in [5, 5.41) is 3.17. The molecule has 7 nitrogen and oxygen atoms in total. The van der Waals surface area contributed by atoms with Gasteiger partial charge in [0.2, 0.25) is 11.8 Å². The molecule has 1 atom stereocenters. The highest BCUT2D eigenvalue weighted by atomic mass is 32.2. The van der Waals surface area contributed by atoms with E-state index in [-0.39, 0.29) is 35.4 Å². The zero-order valence-corrected chi connectivity index (χ0v) is 26.8. The molecule has 2 amide bonds. The molecule has 0 aromatic heterocycles. The lowest BCUT2D eigenvalue weighted by Gasteiger charge is -2.35. The molecule has 0 bridgehead atoms. The van der Waals surface area contributed by atoms with Crippen molar-refractivity contribution in [1.82, 2.24) is 10.2 Å².